The maximum Gasteiger partial charge on any atom is 0.224 e. The molecule has 1 saturated heterocycles. The van der Waals surface area contributed by atoms with Gasteiger partial charge in [0.15, 0.2) is 11.5 Å². The van der Waals surface area contributed by atoms with E-state index in [1.807, 2.05) is 42.5 Å². The van der Waals surface area contributed by atoms with Gasteiger partial charge in [-0.15, -0.1) is 0 Å². The Hall–Kier alpha value is -2.73. The van der Waals surface area contributed by atoms with Crippen LogP contribution in [0, 0.1) is 0 Å². The zero-order valence-corrected chi connectivity index (χ0v) is 15.3. The van der Waals surface area contributed by atoms with Gasteiger partial charge in [0, 0.05) is 19.5 Å². The van der Waals surface area contributed by atoms with E-state index in [0.717, 1.165) is 41.5 Å². The fourth-order valence-corrected chi connectivity index (χ4v) is 3.37. The monoisotopic (exact) mass is 368 g/mol. The van der Waals surface area contributed by atoms with Crippen LogP contribution in [0.25, 0.3) is 0 Å². The number of para-hydroxylation sites is 2. The summed E-state index contributed by atoms with van der Waals surface area (Å²) in [5, 5.41) is 3.06. The molecule has 0 unspecified atom stereocenters. The molecule has 0 saturated carbocycles. The highest BCUT2D eigenvalue weighted by Gasteiger charge is 2.16. The van der Waals surface area contributed by atoms with E-state index in [2.05, 4.69) is 10.2 Å². The second-order valence-corrected chi connectivity index (χ2v) is 6.64. The van der Waals surface area contributed by atoms with E-state index in [4.69, 9.17) is 14.2 Å². The van der Waals surface area contributed by atoms with Gasteiger partial charge in [0.1, 0.15) is 13.2 Å². The van der Waals surface area contributed by atoms with E-state index < -0.39 is 0 Å². The van der Waals surface area contributed by atoms with E-state index >= 15 is 0 Å². The van der Waals surface area contributed by atoms with Crippen molar-refractivity contribution in [2.24, 2.45) is 0 Å². The van der Waals surface area contributed by atoms with Crippen molar-refractivity contribution in [3.63, 3.8) is 0 Å². The van der Waals surface area contributed by atoms with Crippen molar-refractivity contribution >= 4 is 17.3 Å². The molecule has 142 valence electrons. The molecule has 2 aliphatic rings. The highest BCUT2D eigenvalue weighted by molar-refractivity contribution is 5.94. The number of amides is 1. The summed E-state index contributed by atoms with van der Waals surface area (Å²) in [6.07, 6.45) is 1.07. The Morgan fingerprint density at radius 1 is 0.963 bits per heavy atom. The number of carbonyl (C=O) groups excluding carboxylic acids is 1. The largest absolute Gasteiger partial charge is 0.486 e. The summed E-state index contributed by atoms with van der Waals surface area (Å²) >= 11 is 0. The first-order valence-corrected chi connectivity index (χ1v) is 9.40. The molecule has 1 N–H and O–H groups in total. The van der Waals surface area contributed by atoms with Crippen LogP contribution in [-0.4, -0.2) is 45.4 Å². The minimum atomic E-state index is 0.00518. The van der Waals surface area contributed by atoms with Crippen LogP contribution in [0.1, 0.15) is 12.0 Å². The van der Waals surface area contributed by atoms with Gasteiger partial charge in [0.05, 0.1) is 24.6 Å². The Morgan fingerprint density at radius 3 is 2.59 bits per heavy atom. The molecule has 0 aliphatic carbocycles. The molecule has 0 spiro atoms. The third-order valence-electron chi connectivity index (χ3n) is 4.78. The fourth-order valence-electron chi connectivity index (χ4n) is 3.37. The average Bonchev–Trinajstić information content (AvgIpc) is 2.73. The molecule has 1 amide bonds. The molecule has 0 atom stereocenters. The SMILES string of the molecule is O=C(CCc1ccc2c(c1)OCCO2)Nc1ccccc1N1CCOCC1. The molecule has 0 bridgehead atoms. The van der Waals surface area contributed by atoms with Crippen LogP contribution in [0.2, 0.25) is 0 Å². The van der Waals surface area contributed by atoms with Crippen molar-refractivity contribution in [1.82, 2.24) is 0 Å². The topological polar surface area (TPSA) is 60.0 Å². The first-order chi connectivity index (χ1) is 13.3. The van der Waals surface area contributed by atoms with Crippen molar-refractivity contribution in [3.8, 4) is 11.5 Å². The summed E-state index contributed by atoms with van der Waals surface area (Å²) in [7, 11) is 0. The number of fused-ring (bicyclic) bond motifs is 1. The lowest BCUT2D eigenvalue weighted by Crippen LogP contribution is -2.36. The summed E-state index contributed by atoms with van der Waals surface area (Å²) in [6, 6.07) is 13.8. The van der Waals surface area contributed by atoms with E-state index in [-0.39, 0.29) is 5.91 Å². The summed E-state index contributed by atoms with van der Waals surface area (Å²) in [5.41, 5.74) is 2.97. The number of aryl methyl sites for hydroxylation is 1. The van der Waals surface area contributed by atoms with Gasteiger partial charge >= 0.3 is 0 Å². The van der Waals surface area contributed by atoms with E-state index in [0.29, 0.717) is 39.3 Å². The number of hydrogen-bond acceptors (Lipinski definition) is 5. The number of nitrogens with zero attached hydrogens (tertiary/aromatic N) is 1. The summed E-state index contributed by atoms with van der Waals surface area (Å²) in [4.78, 5) is 14.7. The summed E-state index contributed by atoms with van der Waals surface area (Å²) in [6.45, 7) is 4.25. The highest BCUT2D eigenvalue weighted by Crippen LogP contribution is 2.31. The molecule has 6 heteroatoms. The molecule has 4 rings (SSSR count). The zero-order valence-electron chi connectivity index (χ0n) is 15.3. The lowest BCUT2D eigenvalue weighted by Gasteiger charge is -2.30. The van der Waals surface area contributed by atoms with Crippen LogP contribution in [0.3, 0.4) is 0 Å². The molecule has 27 heavy (non-hydrogen) atoms. The Morgan fingerprint density at radius 2 is 1.74 bits per heavy atom. The summed E-state index contributed by atoms with van der Waals surface area (Å²) < 4.78 is 16.6. The Bertz CT molecular complexity index is 803. The van der Waals surface area contributed by atoms with Gasteiger partial charge in [-0.25, -0.2) is 0 Å². The number of carbonyl (C=O) groups is 1. The van der Waals surface area contributed by atoms with Gasteiger partial charge in [-0.2, -0.15) is 0 Å². The number of anilines is 2. The van der Waals surface area contributed by atoms with Gasteiger partial charge in [-0.1, -0.05) is 18.2 Å². The lowest BCUT2D eigenvalue weighted by atomic mass is 10.1. The first-order valence-electron chi connectivity index (χ1n) is 9.40. The Labute approximate surface area is 159 Å². The molecule has 0 radical (unpaired) electrons. The molecule has 1 fully saturated rings. The molecule has 2 aliphatic heterocycles. The van der Waals surface area contributed by atoms with Crippen molar-refractivity contribution in [2.45, 2.75) is 12.8 Å². The molecular weight excluding hydrogens is 344 g/mol. The smallest absolute Gasteiger partial charge is 0.224 e. The number of benzene rings is 2. The van der Waals surface area contributed by atoms with E-state index in [1.54, 1.807) is 0 Å². The zero-order chi connectivity index (χ0) is 18.5. The van der Waals surface area contributed by atoms with Gasteiger partial charge in [-0.3, -0.25) is 4.79 Å². The van der Waals surface area contributed by atoms with E-state index in [9.17, 15) is 4.79 Å². The van der Waals surface area contributed by atoms with Gasteiger partial charge in [0.25, 0.3) is 0 Å². The van der Waals surface area contributed by atoms with Crippen LogP contribution in [-0.2, 0) is 16.0 Å². The molecular formula is C21H24N2O4. The number of hydrogen-bond donors (Lipinski definition) is 1. The minimum absolute atomic E-state index is 0.00518. The molecule has 2 aromatic rings. The number of morpholine rings is 1. The number of rotatable bonds is 5. The van der Waals surface area contributed by atoms with Gasteiger partial charge < -0.3 is 24.4 Å². The third kappa shape index (κ3) is 4.34. The minimum Gasteiger partial charge on any atom is -0.486 e. The third-order valence-corrected chi connectivity index (χ3v) is 4.78. The average molecular weight is 368 g/mol. The van der Waals surface area contributed by atoms with Crippen LogP contribution in [0.5, 0.6) is 11.5 Å². The fraction of sp³-hybridized carbons (Fsp3) is 0.381. The maximum atomic E-state index is 12.5. The normalized spacial score (nSPS) is 16.1. The van der Waals surface area contributed by atoms with Crippen LogP contribution in [0.4, 0.5) is 11.4 Å². The standard InChI is InChI=1S/C21H24N2O4/c24-21(8-6-16-5-7-19-20(15-16)27-14-13-26-19)22-17-3-1-2-4-18(17)23-9-11-25-12-10-23/h1-5,7,15H,6,8-14H2,(H,22,24). The van der Waals surface area contributed by atoms with Crippen molar-refractivity contribution in [3.05, 3.63) is 48.0 Å². The predicted octanol–water partition coefficient (Wildman–Crippen LogP) is 2.87. The second kappa shape index (κ2) is 8.31. The van der Waals surface area contributed by atoms with Crippen molar-refractivity contribution in [1.29, 1.82) is 0 Å². The molecule has 2 aromatic carbocycles. The van der Waals surface area contributed by atoms with Gasteiger partial charge in [-0.05, 0) is 36.2 Å². The number of nitrogens with one attached hydrogen (secondary N) is 1. The Balaban J connectivity index is 1.37. The highest BCUT2D eigenvalue weighted by atomic mass is 16.6. The molecule has 2 heterocycles. The quantitative estimate of drug-likeness (QED) is 0.879. The maximum absolute atomic E-state index is 12.5. The Kier molecular flexibility index (Phi) is 5.44. The number of ether oxygens (including phenoxy) is 3. The molecule has 0 aromatic heterocycles. The lowest BCUT2D eigenvalue weighted by molar-refractivity contribution is -0.116. The van der Waals surface area contributed by atoms with Gasteiger partial charge in [0.2, 0.25) is 5.91 Å². The summed E-state index contributed by atoms with van der Waals surface area (Å²) in [5.74, 6) is 1.54. The predicted molar refractivity (Wildman–Crippen MR) is 104 cm³/mol. The van der Waals surface area contributed by atoms with Crippen LogP contribution >= 0.6 is 0 Å². The van der Waals surface area contributed by atoms with Crippen LogP contribution in [0.15, 0.2) is 42.5 Å². The molecule has 6 nitrogen and oxygen atoms in total. The van der Waals surface area contributed by atoms with Crippen molar-refractivity contribution in [2.75, 3.05) is 49.7 Å². The van der Waals surface area contributed by atoms with E-state index in [1.165, 1.54) is 0 Å². The van der Waals surface area contributed by atoms with Crippen molar-refractivity contribution < 1.29 is 19.0 Å². The van der Waals surface area contributed by atoms with Crippen LogP contribution < -0.4 is 19.7 Å². The first kappa shape index (κ1) is 17.7. The second-order valence-electron chi connectivity index (χ2n) is 6.64.